The minimum Gasteiger partial charge on any atom is -0.390 e. The standard InChI is InChI=1S/C9H11NO4/c1-6(11)9(12)7-2-4-8(5-3-7)10(13)14/h2-6,9,11-12H,1H3/t6-,9-/m0/s1. The number of benzene rings is 1. The summed E-state index contributed by atoms with van der Waals surface area (Å²) in [5, 5.41) is 28.8. The van der Waals surface area contributed by atoms with Gasteiger partial charge >= 0.3 is 0 Å². The number of rotatable bonds is 3. The normalized spacial score (nSPS) is 14.8. The summed E-state index contributed by atoms with van der Waals surface area (Å²) in [7, 11) is 0. The first-order valence-electron chi connectivity index (χ1n) is 4.13. The number of nitrogens with zero attached hydrogens (tertiary/aromatic N) is 1. The molecule has 0 fully saturated rings. The second-order valence-corrected chi connectivity index (χ2v) is 3.03. The smallest absolute Gasteiger partial charge is 0.269 e. The summed E-state index contributed by atoms with van der Waals surface area (Å²) < 4.78 is 0. The number of nitro benzene ring substituents is 1. The molecule has 0 unspecified atom stereocenters. The number of hydrogen-bond acceptors (Lipinski definition) is 4. The Morgan fingerprint density at radius 1 is 1.29 bits per heavy atom. The molecule has 14 heavy (non-hydrogen) atoms. The Balaban J connectivity index is 2.88. The van der Waals surface area contributed by atoms with Crippen molar-refractivity contribution in [2.45, 2.75) is 19.1 Å². The van der Waals surface area contributed by atoms with E-state index >= 15 is 0 Å². The number of non-ortho nitro benzene ring substituents is 1. The van der Waals surface area contributed by atoms with Gasteiger partial charge in [0.05, 0.1) is 11.0 Å². The van der Waals surface area contributed by atoms with Crippen LogP contribution in [0.3, 0.4) is 0 Å². The SMILES string of the molecule is C[C@H](O)[C@H](O)c1ccc([N+](=O)[O-])cc1. The zero-order valence-corrected chi connectivity index (χ0v) is 7.62. The minimum absolute atomic E-state index is 0.0356. The van der Waals surface area contributed by atoms with Crippen molar-refractivity contribution >= 4 is 5.69 Å². The molecular formula is C9H11NO4. The van der Waals surface area contributed by atoms with Gasteiger partial charge in [-0.2, -0.15) is 0 Å². The van der Waals surface area contributed by atoms with Crippen LogP contribution in [0.1, 0.15) is 18.6 Å². The molecule has 1 rings (SSSR count). The maximum atomic E-state index is 10.3. The molecule has 0 amide bonds. The summed E-state index contributed by atoms with van der Waals surface area (Å²) in [6, 6.07) is 5.44. The fourth-order valence-electron chi connectivity index (χ4n) is 1.07. The molecule has 0 bridgehead atoms. The van der Waals surface area contributed by atoms with Gasteiger partial charge in [0, 0.05) is 12.1 Å². The predicted octanol–water partition coefficient (Wildman–Crippen LogP) is 1.01. The summed E-state index contributed by atoms with van der Waals surface area (Å²) >= 11 is 0. The molecule has 0 aliphatic rings. The average Bonchev–Trinajstić information content (AvgIpc) is 2.16. The summed E-state index contributed by atoms with van der Waals surface area (Å²) in [5.74, 6) is 0. The van der Waals surface area contributed by atoms with E-state index in [0.29, 0.717) is 5.56 Å². The average molecular weight is 197 g/mol. The maximum Gasteiger partial charge on any atom is 0.269 e. The van der Waals surface area contributed by atoms with Crippen molar-refractivity contribution in [3.8, 4) is 0 Å². The molecule has 0 aliphatic heterocycles. The molecule has 0 aliphatic carbocycles. The van der Waals surface area contributed by atoms with Crippen molar-refractivity contribution in [3.05, 3.63) is 39.9 Å². The Kier molecular flexibility index (Phi) is 3.16. The van der Waals surface area contributed by atoms with E-state index in [4.69, 9.17) is 5.11 Å². The van der Waals surface area contributed by atoms with Crippen LogP contribution in [0.2, 0.25) is 0 Å². The third-order valence-corrected chi connectivity index (χ3v) is 1.90. The van der Waals surface area contributed by atoms with Crippen LogP contribution in [0, 0.1) is 10.1 Å². The molecule has 1 aromatic rings. The van der Waals surface area contributed by atoms with E-state index in [0.717, 1.165) is 0 Å². The van der Waals surface area contributed by atoms with E-state index in [-0.39, 0.29) is 5.69 Å². The van der Waals surface area contributed by atoms with Gasteiger partial charge < -0.3 is 10.2 Å². The molecule has 2 atom stereocenters. The third kappa shape index (κ3) is 2.27. The highest BCUT2D eigenvalue weighted by Crippen LogP contribution is 2.19. The molecule has 2 N–H and O–H groups in total. The summed E-state index contributed by atoms with van der Waals surface area (Å²) in [4.78, 5) is 9.79. The van der Waals surface area contributed by atoms with E-state index in [2.05, 4.69) is 0 Å². The third-order valence-electron chi connectivity index (χ3n) is 1.90. The second-order valence-electron chi connectivity index (χ2n) is 3.03. The van der Waals surface area contributed by atoms with Gasteiger partial charge in [-0.3, -0.25) is 10.1 Å². The van der Waals surface area contributed by atoms with Crippen molar-refractivity contribution in [3.63, 3.8) is 0 Å². The van der Waals surface area contributed by atoms with Crippen LogP contribution >= 0.6 is 0 Å². The fourth-order valence-corrected chi connectivity index (χ4v) is 1.07. The van der Waals surface area contributed by atoms with Crippen molar-refractivity contribution in [2.75, 3.05) is 0 Å². The molecular weight excluding hydrogens is 186 g/mol. The van der Waals surface area contributed by atoms with E-state index in [1.165, 1.54) is 31.2 Å². The first-order chi connectivity index (χ1) is 6.52. The monoisotopic (exact) mass is 197 g/mol. The van der Waals surface area contributed by atoms with E-state index in [1.54, 1.807) is 0 Å². The zero-order valence-electron chi connectivity index (χ0n) is 7.62. The molecule has 0 spiro atoms. The van der Waals surface area contributed by atoms with Crippen LogP contribution in [-0.4, -0.2) is 21.2 Å². The summed E-state index contributed by atoms with van der Waals surface area (Å²) in [5.41, 5.74) is 0.428. The number of nitro groups is 1. The van der Waals surface area contributed by atoms with Gasteiger partial charge in [-0.05, 0) is 24.6 Å². The van der Waals surface area contributed by atoms with Crippen molar-refractivity contribution < 1.29 is 15.1 Å². The highest BCUT2D eigenvalue weighted by atomic mass is 16.6. The lowest BCUT2D eigenvalue weighted by Crippen LogP contribution is -2.13. The lowest BCUT2D eigenvalue weighted by atomic mass is 10.1. The van der Waals surface area contributed by atoms with Crippen molar-refractivity contribution in [1.82, 2.24) is 0 Å². The van der Waals surface area contributed by atoms with Crippen LogP contribution in [0.4, 0.5) is 5.69 Å². The highest BCUT2D eigenvalue weighted by Gasteiger charge is 2.14. The van der Waals surface area contributed by atoms with Crippen molar-refractivity contribution in [2.24, 2.45) is 0 Å². The number of aliphatic hydroxyl groups is 2. The first kappa shape index (κ1) is 10.6. The highest BCUT2D eigenvalue weighted by molar-refractivity contribution is 5.33. The summed E-state index contributed by atoms with van der Waals surface area (Å²) in [6.45, 7) is 1.45. The zero-order chi connectivity index (χ0) is 10.7. The number of hydrogen-bond donors (Lipinski definition) is 2. The molecule has 76 valence electrons. The molecule has 5 heteroatoms. The molecule has 0 heterocycles. The van der Waals surface area contributed by atoms with Gasteiger partial charge in [-0.1, -0.05) is 0 Å². The summed E-state index contributed by atoms with van der Waals surface area (Å²) in [6.07, 6.45) is -1.90. The largest absolute Gasteiger partial charge is 0.390 e. The van der Waals surface area contributed by atoms with Crippen LogP contribution in [-0.2, 0) is 0 Å². The fraction of sp³-hybridized carbons (Fsp3) is 0.333. The molecule has 0 saturated heterocycles. The van der Waals surface area contributed by atoms with Gasteiger partial charge in [0.2, 0.25) is 0 Å². The van der Waals surface area contributed by atoms with Gasteiger partial charge in [-0.15, -0.1) is 0 Å². The van der Waals surface area contributed by atoms with Gasteiger partial charge in [0.15, 0.2) is 0 Å². The Morgan fingerprint density at radius 2 is 1.79 bits per heavy atom. The topological polar surface area (TPSA) is 83.6 Å². The lowest BCUT2D eigenvalue weighted by Gasteiger charge is -2.13. The quantitative estimate of drug-likeness (QED) is 0.559. The van der Waals surface area contributed by atoms with Crippen LogP contribution in [0.15, 0.2) is 24.3 Å². The molecule has 0 radical (unpaired) electrons. The second kappa shape index (κ2) is 4.17. The van der Waals surface area contributed by atoms with Gasteiger partial charge in [0.1, 0.15) is 6.10 Å². The number of aliphatic hydroxyl groups excluding tert-OH is 2. The predicted molar refractivity (Wildman–Crippen MR) is 49.7 cm³/mol. The first-order valence-corrected chi connectivity index (χ1v) is 4.13. The van der Waals surface area contributed by atoms with Crippen molar-refractivity contribution in [1.29, 1.82) is 0 Å². The van der Waals surface area contributed by atoms with Crippen LogP contribution in [0.5, 0.6) is 0 Å². The molecule has 0 saturated carbocycles. The van der Waals surface area contributed by atoms with Gasteiger partial charge in [-0.25, -0.2) is 0 Å². The van der Waals surface area contributed by atoms with E-state index in [9.17, 15) is 15.2 Å². The lowest BCUT2D eigenvalue weighted by molar-refractivity contribution is -0.384. The minimum atomic E-state index is -1.00. The maximum absolute atomic E-state index is 10.3. The molecule has 1 aromatic carbocycles. The van der Waals surface area contributed by atoms with Crippen LogP contribution < -0.4 is 0 Å². The Bertz CT molecular complexity index is 320. The molecule has 5 nitrogen and oxygen atoms in total. The Labute approximate surface area is 80.8 Å². The Morgan fingerprint density at radius 3 is 2.14 bits per heavy atom. The Hall–Kier alpha value is -1.46. The molecule has 0 aromatic heterocycles. The van der Waals surface area contributed by atoms with E-state index in [1.807, 2.05) is 0 Å². The van der Waals surface area contributed by atoms with Crippen LogP contribution in [0.25, 0.3) is 0 Å². The van der Waals surface area contributed by atoms with E-state index < -0.39 is 17.1 Å². The van der Waals surface area contributed by atoms with Gasteiger partial charge in [0.25, 0.3) is 5.69 Å².